The monoisotopic (exact) mass is 442 g/mol. The van der Waals surface area contributed by atoms with Gasteiger partial charge in [0, 0.05) is 30.8 Å². The van der Waals surface area contributed by atoms with E-state index >= 15 is 0 Å². The van der Waals surface area contributed by atoms with Crippen molar-refractivity contribution < 1.29 is 13.5 Å². The molecule has 0 aliphatic heterocycles. The molecule has 146 valence electrons. The van der Waals surface area contributed by atoms with Gasteiger partial charge in [-0.25, -0.2) is 8.78 Å². The molecular weight excluding hydrogens is 422 g/mol. The molecular formula is C18H21BrF2N4O2. The van der Waals surface area contributed by atoms with Gasteiger partial charge in [0.1, 0.15) is 22.7 Å². The fourth-order valence-corrected chi connectivity index (χ4v) is 2.95. The average Bonchev–Trinajstić information content (AvgIpc) is 3.42. The predicted octanol–water partition coefficient (Wildman–Crippen LogP) is 3.17. The van der Waals surface area contributed by atoms with Crippen molar-refractivity contribution in [2.45, 2.75) is 25.5 Å². The normalized spacial score (nSPS) is 13.9. The molecule has 0 saturated heterocycles. The van der Waals surface area contributed by atoms with Crippen LogP contribution in [0, 0.1) is 11.6 Å². The molecule has 0 atom stereocenters. The Morgan fingerprint density at radius 3 is 2.74 bits per heavy atom. The fourth-order valence-electron chi connectivity index (χ4n) is 2.56. The van der Waals surface area contributed by atoms with Crippen molar-refractivity contribution in [2.75, 3.05) is 32.5 Å². The summed E-state index contributed by atoms with van der Waals surface area (Å²) in [6.45, 7) is 1.22. The van der Waals surface area contributed by atoms with Crippen LogP contribution in [0.25, 0.3) is 0 Å². The molecule has 0 spiro atoms. The van der Waals surface area contributed by atoms with Gasteiger partial charge >= 0.3 is 0 Å². The van der Waals surface area contributed by atoms with Crippen LogP contribution in [-0.2, 0) is 6.61 Å². The molecule has 0 bridgehead atoms. The van der Waals surface area contributed by atoms with Crippen molar-refractivity contribution >= 4 is 21.9 Å². The van der Waals surface area contributed by atoms with Gasteiger partial charge in [-0.3, -0.25) is 9.36 Å². The van der Waals surface area contributed by atoms with E-state index in [0.717, 1.165) is 31.5 Å². The molecule has 27 heavy (non-hydrogen) atoms. The number of hydrogen-bond acceptors (Lipinski definition) is 5. The number of hydrogen-bond donors (Lipinski definition) is 1. The van der Waals surface area contributed by atoms with Gasteiger partial charge in [-0.2, -0.15) is 4.98 Å². The molecule has 1 heterocycles. The highest BCUT2D eigenvalue weighted by atomic mass is 79.9. The zero-order valence-corrected chi connectivity index (χ0v) is 16.7. The third kappa shape index (κ3) is 4.84. The zero-order chi connectivity index (χ0) is 19.6. The molecule has 6 nitrogen and oxygen atoms in total. The highest BCUT2D eigenvalue weighted by Crippen LogP contribution is 2.37. The number of nitrogens with zero attached hydrogens (tertiary/aromatic N) is 3. The summed E-state index contributed by atoms with van der Waals surface area (Å²) in [5, 5.41) is 3.18. The first-order chi connectivity index (χ1) is 12.9. The first-order valence-corrected chi connectivity index (χ1v) is 9.43. The van der Waals surface area contributed by atoms with Crippen molar-refractivity contribution in [3.63, 3.8) is 0 Å². The van der Waals surface area contributed by atoms with Gasteiger partial charge in [-0.15, -0.1) is 0 Å². The Balaban J connectivity index is 1.83. The fraction of sp³-hybridized carbons (Fsp3) is 0.444. The summed E-state index contributed by atoms with van der Waals surface area (Å²) in [4.78, 5) is 19.2. The Morgan fingerprint density at radius 1 is 1.37 bits per heavy atom. The van der Waals surface area contributed by atoms with E-state index in [4.69, 9.17) is 4.74 Å². The summed E-state index contributed by atoms with van der Waals surface area (Å²) in [7, 11) is 3.91. The lowest BCUT2D eigenvalue weighted by molar-refractivity contribution is 0.284. The number of nitrogens with one attached hydrogen (secondary N) is 1. The molecule has 0 radical (unpaired) electrons. The van der Waals surface area contributed by atoms with Gasteiger partial charge in [-0.05, 0) is 55.0 Å². The summed E-state index contributed by atoms with van der Waals surface area (Å²) in [6.07, 6.45) is 1.86. The van der Waals surface area contributed by atoms with Gasteiger partial charge in [0.25, 0.3) is 5.56 Å². The Morgan fingerprint density at radius 2 is 2.11 bits per heavy atom. The number of halogens is 3. The predicted molar refractivity (Wildman–Crippen MR) is 102 cm³/mol. The summed E-state index contributed by atoms with van der Waals surface area (Å²) >= 11 is 3.25. The van der Waals surface area contributed by atoms with E-state index in [0.29, 0.717) is 12.5 Å². The number of benzene rings is 1. The van der Waals surface area contributed by atoms with Crippen LogP contribution in [-0.4, -0.2) is 41.6 Å². The first-order valence-electron chi connectivity index (χ1n) is 8.64. The molecule has 3 rings (SSSR count). The van der Waals surface area contributed by atoms with Crippen molar-refractivity contribution in [2.24, 2.45) is 0 Å². The highest BCUT2D eigenvalue weighted by molar-refractivity contribution is 9.10. The number of ether oxygens (including phenoxy) is 1. The first kappa shape index (κ1) is 19.8. The van der Waals surface area contributed by atoms with Gasteiger partial charge in [0.15, 0.2) is 0 Å². The third-order valence-corrected chi connectivity index (χ3v) is 4.84. The van der Waals surface area contributed by atoms with Crippen LogP contribution in [0.4, 0.5) is 14.7 Å². The Kier molecular flexibility index (Phi) is 6.11. The van der Waals surface area contributed by atoms with Gasteiger partial charge in [-0.1, -0.05) is 0 Å². The van der Waals surface area contributed by atoms with Crippen LogP contribution in [0.2, 0.25) is 0 Å². The van der Waals surface area contributed by atoms with E-state index in [2.05, 4.69) is 26.2 Å². The lowest BCUT2D eigenvalue weighted by Gasteiger charge is -2.17. The number of aromatic nitrogens is 2. The van der Waals surface area contributed by atoms with E-state index in [1.54, 1.807) is 4.57 Å². The van der Waals surface area contributed by atoms with Crippen molar-refractivity contribution in [3.05, 3.63) is 50.2 Å². The minimum atomic E-state index is -0.707. The number of anilines is 1. The minimum absolute atomic E-state index is 0.0768. The highest BCUT2D eigenvalue weighted by Gasteiger charge is 2.29. The van der Waals surface area contributed by atoms with Crippen molar-refractivity contribution in [1.82, 2.24) is 14.5 Å². The second-order valence-corrected chi connectivity index (χ2v) is 7.51. The topological polar surface area (TPSA) is 59.4 Å². The summed E-state index contributed by atoms with van der Waals surface area (Å²) in [5.74, 6) is -0.855. The molecule has 1 N–H and O–H groups in total. The average molecular weight is 443 g/mol. The van der Waals surface area contributed by atoms with E-state index < -0.39 is 11.6 Å². The molecule has 0 amide bonds. The summed E-state index contributed by atoms with van der Waals surface area (Å²) in [6, 6.07) is 3.39. The standard InChI is InChI=1S/C18H21BrF2N4O2/c1-24(2)8-7-22-18-23-16(15(19)17(26)25(18)13-5-6-13)27-10-11-3-4-12(20)9-14(11)21/h3-4,9,13H,5-8,10H2,1-2H3,(H,22,23). The zero-order valence-electron chi connectivity index (χ0n) is 15.1. The minimum Gasteiger partial charge on any atom is -0.472 e. The quantitative estimate of drug-likeness (QED) is 0.680. The lowest BCUT2D eigenvalue weighted by Crippen LogP contribution is -2.28. The Hall–Kier alpha value is -2.00. The maximum Gasteiger partial charge on any atom is 0.273 e. The molecule has 9 heteroatoms. The third-order valence-electron chi connectivity index (χ3n) is 4.16. The molecule has 2 aromatic rings. The second kappa shape index (κ2) is 8.35. The molecule has 1 aromatic heterocycles. The van der Waals surface area contributed by atoms with Crippen LogP contribution < -0.4 is 15.6 Å². The smallest absolute Gasteiger partial charge is 0.273 e. The SMILES string of the molecule is CN(C)CCNc1nc(OCc2ccc(F)cc2F)c(Br)c(=O)n1C1CC1. The number of likely N-dealkylation sites (N-methyl/N-ethyl adjacent to an activating group) is 1. The van der Waals surface area contributed by atoms with E-state index in [9.17, 15) is 13.6 Å². The van der Waals surface area contributed by atoms with E-state index in [1.807, 2.05) is 19.0 Å². The largest absolute Gasteiger partial charge is 0.472 e. The molecule has 1 fully saturated rings. The number of rotatable bonds is 8. The lowest BCUT2D eigenvalue weighted by atomic mass is 10.2. The van der Waals surface area contributed by atoms with Crippen molar-refractivity contribution in [1.29, 1.82) is 0 Å². The van der Waals surface area contributed by atoms with Crippen molar-refractivity contribution in [3.8, 4) is 5.88 Å². The van der Waals surface area contributed by atoms with Gasteiger partial charge < -0.3 is 15.0 Å². The molecule has 1 saturated carbocycles. The van der Waals surface area contributed by atoms with Crippen LogP contribution in [0.5, 0.6) is 5.88 Å². The molecule has 0 unspecified atom stereocenters. The molecule has 1 aromatic carbocycles. The maximum atomic E-state index is 13.8. The summed E-state index contributed by atoms with van der Waals surface area (Å²) in [5.41, 5.74) is -0.0620. The van der Waals surface area contributed by atoms with E-state index in [1.165, 1.54) is 6.07 Å². The van der Waals surface area contributed by atoms with Crippen LogP contribution in [0.3, 0.4) is 0 Å². The van der Waals surface area contributed by atoms with Gasteiger partial charge in [0.05, 0.1) is 0 Å². The Labute approximate surface area is 164 Å². The van der Waals surface area contributed by atoms with Gasteiger partial charge in [0.2, 0.25) is 11.8 Å². The molecule has 1 aliphatic rings. The Bertz CT molecular complexity index is 884. The second-order valence-electron chi connectivity index (χ2n) is 6.72. The maximum absolute atomic E-state index is 13.8. The van der Waals surface area contributed by atoms with E-state index in [-0.39, 0.29) is 34.1 Å². The molecule has 1 aliphatic carbocycles. The summed E-state index contributed by atoms with van der Waals surface area (Å²) < 4.78 is 34.2. The van der Waals surface area contributed by atoms with Crippen LogP contribution in [0.15, 0.2) is 27.5 Å². The van der Waals surface area contributed by atoms with Crippen LogP contribution in [0.1, 0.15) is 24.4 Å². The van der Waals surface area contributed by atoms with Crippen LogP contribution >= 0.6 is 15.9 Å².